The first-order valence-electron chi connectivity index (χ1n) is 7.76. The molecule has 1 aromatic carbocycles. The van der Waals surface area contributed by atoms with Crippen molar-refractivity contribution in [2.45, 2.75) is 6.54 Å². The molecule has 3 aromatic rings. The molecule has 0 fully saturated rings. The number of benzene rings is 1. The van der Waals surface area contributed by atoms with E-state index in [0.29, 0.717) is 36.0 Å². The van der Waals surface area contributed by atoms with Crippen molar-refractivity contribution in [2.24, 2.45) is 0 Å². The van der Waals surface area contributed by atoms with E-state index in [1.807, 2.05) is 30.3 Å². The van der Waals surface area contributed by atoms with Gasteiger partial charge in [0.15, 0.2) is 0 Å². The fourth-order valence-corrected chi connectivity index (χ4v) is 2.12. The molecular weight excluding hydrogens is 320 g/mol. The molecular formula is C18H18N4O3. The molecule has 7 heteroatoms. The van der Waals surface area contributed by atoms with Gasteiger partial charge in [0.05, 0.1) is 30.6 Å². The number of amides is 1. The molecule has 1 amide bonds. The van der Waals surface area contributed by atoms with E-state index < -0.39 is 0 Å². The van der Waals surface area contributed by atoms with Crippen molar-refractivity contribution in [1.82, 2.24) is 14.8 Å². The SMILES string of the molecule is COCCn1cc(NC(=O)c2ccc(Oc3ccccc3)nc2)cn1. The molecule has 0 spiro atoms. The summed E-state index contributed by atoms with van der Waals surface area (Å²) >= 11 is 0. The molecule has 0 atom stereocenters. The fourth-order valence-electron chi connectivity index (χ4n) is 2.12. The van der Waals surface area contributed by atoms with Gasteiger partial charge in [0, 0.05) is 25.6 Å². The number of ether oxygens (including phenoxy) is 2. The number of rotatable bonds is 7. The van der Waals surface area contributed by atoms with Gasteiger partial charge >= 0.3 is 0 Å². The van der Waals surface area contributed by atoms with Crippen molar-refractivity contribution < 1.29 is 14.3 Å². The molecule has 0 saturated carbocycles. The predicted molar refractivity (Wildman–Crippen MR) is 92.8 cm³/mol. The summed E-state index contributed by atoms with van der Waals surface area (Å²) in [4.78, 5) is 16.4. The summed E-state index contributed by atoms with van der Waals surface area (Å²) in [6.45, 7) is 1.18. The molecule has 0 radical (unpaired) electrons. The molecule has 2 heterocycles. The first-order chi connectivity index (χ1) is 12.2. The van der Waals surface area contributed by atoms with Gasteiger partial charge in [0.25, 0.3) is 5.91 Å². The lowest BCUT2D eigenvalue weighted by molar-refractivity contribution is 0.102. The van der Waals surface area contributed by atoms with Crippen molar-refractivity contribution in [1.29, 1.82) is 0 Å². The Morgan fingerprint density at radius 3 is 2.72 bits per heavy atom. The molecule has 128 valence electrons. The summed E-state index contributed by atoms with van der Waals surface area (Å²) in [6.07, 6.45) is 4.81. The average Bonchev–Trinajstić information content (AvgIpc) is 3.08. The first kappa shape index (κ1) is 16.7. The Morgan fingerprint density at radius 2 is 2.00 bits per heavy atom. The summed E-state index contributed by atoms with van der Waals surface area (Å²) in [5.74, 6) is 0.857. The second-order valence-electron chi connectivity index (χ2n) is 5.24. The lowest BCUT2D eigenvalue weighted by Crippen LogP contribution is -2.11. The summed E-state index contributed by atoms with van der Waals surface area (Å²) in [5, 5.41) is 6.93. The van der Waals surface area contributed by atoms with E-state index in [4.69, 9.17) is 9.47 Å². The Kier molecular flexibility index (Phi) is 5.38. The Bertz CT molecular complexity index is 816. The van der Waals surface area contributed by atoms with Crippen LogP contribution in [0.3, 0.4) is 0 Å². The fraction of sp³-hybridized carbons (Fsp3) is 0.167. The number of nitrogens with zero attached hydrogens (tertiary/aromatic N) is 3. The molecule has 3 rings (SSSR count). The van der Waals surface area contributed by atoms with Crippen molar-refractivity contribution in [3.8, 4) is 11.6 Å². The smallest absolute Gasteiger partial charge is 0.257 e. The van der Waals surface area contributed by atoms with E-state index in [1.54, 1.807) is 36.3 Å². The highest BCUT2D eigenvalue weighted by molar-refractivity contribution is 6.03. The number of methoxy groups -OCH3 is 1. The number of aromatic nitrogens is 3. The third-order valence-electron chi connectivity index (χ3n) is 3.38. The summed E-state index contributed by atoms with van der Waals surface area (Å²) in [7, 11) is 1.63. The van der Waals surface area contributed by atoms with E-state index in [-0.39, 0.29) is 5.91 Å². The average molecular weight is 338 g/mol. The lowest BCUT2D eigenvalue weighted by Gasteiger charge is -2.06. The highest BCUT2D eigenvalue weighted by Crippen LogP contribution is 2.18. The Morgan fingerprint density at radius 1 is 1.16 bits per heavy atom. The molecule has 1 N–H and O–H groups in total. The highest BCUT2D eigenvalue weighted by atomic mass is 16.5. The highest BCUT2D eigenvalue weighted by Gasteiger charge is 2.09. The van der Waals surface area contributed by atoms with Crippen LogP contribution in [0.25, 0.3) is 0 Å². The van der Waals surface area contributed by atoms with Gasteiger partial charge in [-0.1, -0.05) is 18.2 Å². The zero-order valence-corrected chi connectivity index (χ0v) is 13.8. The van der Waals surface area contributed by atoms with Crippen molar-refractivity contribution in [3.63, 3.8) is 0 Å². The van der Waals surface area contributed by atoms with Crippen LogP contribution in [0, 0.1) is 0 Å². The molecule has 0 aliphatic heterocycles. The largest absolute Gasteiger partial charge is 0.439 e. The van der Waals surface area contributed by atoms with Crippen molar-refractivity contribution in [2.75, 3.05) is 19.0 Å². The molecule has 0 aliphatic carbocycles. The third kappa shape index (κ3) is 4.65. The van der Waals surface area contributed by atoms with Crippen LogP contribution in [0.2, 0.25) is 0 Å². The minimum absolute atomic E-state index is 0.259. The van der Waals surface area contributed by atoms with Gasteiger partial charge in [-0.15, -0.1) is 0 Å². The monoisotopic (exact) mass is 338 g/mol. The number of para-hydroxylation sites is 1. The van der Waals surface area contributed by atoms with Crippen LogP contribution in [-0.4, -0.2) is 34.4 Å². The van der Waals surface area contributed by atoms with Gasteiger partial charge in [0.2, 0.25) is 5.88 Å². The number of pyridine rings is 1. The van der Waals surface area contributed by atoms with E-state index >= 15 is 0 Å². The maximum atomic E-state index is 12.3. The van der Waals surface area contributed by atoms with Crippen LogP contribution in [0.5, 0.6) is 11.6 Å². The minimum atomic E-state index is -0.259. The van der Waals surface area contributed by atoms with Gasteiger partial charge in [-0.3, -0.25) is 9.48 Å². The Labute approximate surface area is 145 Å². The molecule has 0 bridgehead atoms. The second-order valence-corrected chi connectivity index (χ2v) is 5.24. The van der Waals surface area contributed by atoms with E-state index in [9.17, 15) is 4.79 Å². The number of nitrogens with one attached hydrogen (secondary N) is 1. The van der Waals surface area contributed by atoms with Crippen molar-refractivity contribution >= 4 is 11.6 Å². The maximum Gasteiger partial charge on any atom is 0.257 e. The normalized spacial score (nSPS) is 10.4. The number of hydrogen-bond donors (Lipinski definition) is 1. The van der Waals surface area contributed by atoms with E-state index in [0.717, 1.165) is 0 Å². The molecule has 0 saturated heterocycles. The van der Waals surface area contributed by atoms with Crippen LogP contribution in [0.15, 0.2) is 61.1 Å². The minimum Gasteiger partial charge on any atom is -0.439 e. The van der Waals surface area contributed by atoms with Crippen LogP contribution < -0.4 is 10.1 Å². The summed E-state index contributed by atoms with van der Waals surface area (Å²) < 4.78 is 12.3. The maximum absolute atomic E-state index is 12.3. The van der Waals surface area contributed by atoms with E-state index in [1.165, 1.54) is 6.20 Å². The van der Waals surface area contributed by atoms with Gasteiger partial charge in [-0.25, -0.2) is 4.98 Å². The Hall–Kier alpha value is -3.19. The molecule has 0 aliphatic rings. The summed E-state index contributed by atoms with van der Waals surface area (Å²) in [5.41, 5.74) is 1.05. The zero-order valence-electron chi connectivity index (χ0n) is 13.8. The summed E-state index contributed by atoms with van der Waals surface area (Å²) in [6, 6.07) is 12.7. The zero-order chi connectivity index (χ0) is 17.5. The van der Waals surface area contributed by atoms with Gasteiger partial charge in [-0.05, 0) is 18.2 Å². The van der Waals surface area contributed by atoms with Crippen LogP contribution in [-0.2, 0) is 11.3 Å². The van der Waals surface area contributed by atoms with Gasteiger partial charge in [-0.2, -0.15) is 5.10 Å². The predicted octanol–water partition coefficient (Wildman–Crippen LogP) is 2.97. The Balaban J connectivity index is 1.59. The molecule has 25 heavy (non-hydrogen) atoms. The molecule has 2 aromatic heterocycles. The number of anilines is 1. The van der Waals surface area contributed by atoms with E-state index in [2.05, 4.69) is 15.4 Å². The topological polar surface area (TPSA) is 78.3 Å². The second kappa shape index (κ2) is 8.07. The van der Waals surface area contributed by atoms with Crippen LogP contribution >= 0.6 is 0 Å². The number of hydrogen-bond acceptors (Lipinski definition) is 5. The number of carbonyl (C=O) groups excluding carboxylic acids is 1. The van der Waals surface area contributed by atoms with Crippen LogP contribution in [0.4, 0.5) is 5.69 Å². The lowest BCUT2D eigenvalue weighted by atomic mass is 10.2. The van der Waals surface area contributed by atoms with Crippen LogP contribution in [0.1, 0.15) is 10.4 Å². The molecule has 0 unspecified atom stereocenters. The quantitative estimate of drug-likeness (QED) is 0.716. The van der Waals surface area contributed by atoms with Crippen molar-refractivity contribution in [3.05, 3.63) is 66.6 Å². The molecule has 7 nitrogen and oxygen atoms in total. The van der Waals surface area contributed by atoms with Gasteiger partial charge in [0.1, 0.15) is 5.75 Å². The first-order valence-corrected chi connectivity index (χ1v) is 7.76. The standard InChI is InChI=1S/C18H18N4O3/c1-24-10-9-22-13-15(12-20-22)21-18(23)14-7-8-17(19-11-14)25-16-5-3-2-4-6-16/h2-8,11-13H,9-10H2,1H3,(H,21,23). The number of carbonyl (C=O) groups is 1. The third-order valence-corrected chi connectivity index (χ3v) is 3.38. The van der Waals surface area contributed by atoms with Gasteiger partial charge < -0.3 is 14.8 Å².